The lowest BCUT2D eigenvalue weighted by molar-refractivity contribution is 0.186. The highest BCUT2D eigenvalue weighted by Crippen LogP contribution is 2.32. The summed E-state index contributed by atoms with van der Waals surface area (Å²) in [5.74, 6) is 0. The first kappa shape index (κ1) is 8.49. The van der Waals surface area contributed by atoms with E-state index in [4.69, 9.17) is 0 Å². The normalized spacial score (nSPS) is 50.5. The molecule has 2 saturated heterocycles. The van der Waals surface area contributed by atoms with Gasteiger partial charge in [0.2, 0.25) is 0 Å². The maximum atomic E-state index is 4.50. The standard InChI is InChI=1S/C8H16N4S/c13-8-11-10-7-9-5-3-1-2-4-6(5)12(7)8/h5-11,13H,1-4H2. The summed E-state index contributed by atoms with van der Waals surface area (Å²) in [6.07, 6.45) is 5.68. The molecule has 3 N–H and O–H groups in total. The minimum Gasteiger partial charge on any atom is -0.284 e. The van der Waals surface area contributed by atoms with Crippen molar-refractivity contribution in [2.75, 3.05) is 0 Å². The number of nitrogens with one attached hydrogen (secondary N) is 3. The first-order valence-electron chi connectivity index (χ1n) is 5.09. The topological polar surface area (TPSA) is 39.3 Å². The van der Waals surface area contributed by atoms with Gasteiger partial charge in [-0.15, -0.1) is 12.6 Å². The molecule has 4 nitrogen and oxygen atoms in total. The van der Waals surface area contributed by atoms with E-state index in [-0.39, 0.29) is 5.50 Å². The van der Waals surface area contributed by atoms with Gasteiger partial charge in [0.05, 0.1) is 0 Å². The highest BCUT2D eigenvalue weighted by atomic mass is 32.1. The van der Waals surface area contributed by atoms with Gasteiger partial charge in [-0.1, -0.05) is 12.8 Å². The first-order valence-corrected chi connectivity index (χ1v) is 5.60. The Bertz CT molecular complexity index is 210. The Morgan fingerprint density at radius 3 is 2.92 bits per heavy atom. The van der Waals surface area contributed by atoms with Crippen molar-refractivity contribution in [2.45, 2.75) is 49.6 Å². The molecule has 74 valence electrons. The molecule has 0 radical (unpaired) electrons. The fourth-order valence-electron chi connectivity index (χ4n) is 2.81. The molecule has 13 heavy (non-hydrogen) atoms. The maximum Gasteiger partial charge on any atom is 0.129 e. The van der Waals surface area contributed by atoms with E-state index in [1.165, 1.54) is 25.7 Å². The summed E-state index contributed by atoms with van der Waals surface area (Å²) in [6.45, 7) is 0. The Labute approximate surface area is 83.8 Å². The number of thiol groups is 1. The smallest absolute Gasteiger partial charge is 0.129 e. The fourth-order valence-corrected chi connectivity index (χ4v) is 3.19. The lowest BCUT2D eigenvalue weighted by Crippen LogP contribution is -2.45. The van der Waals surface area contributed by atoms with Crippen LogP contribution in [0.3, 0.4) is 0 Å². The van der Waals surface area contributed by atoms with Crippen molar-refractivity contribution in [3.05, 3.63) is 0 Å². The van der Waals surface area contributed by atoms with Gasteiger partial charge in [-0.3, -0.25) is 5.32 Å². The third-order valence-electron chi connectivity index (χ3n) is 3.41. The molecule has 3 aliphatic rings. The van der Waals surface area contributed by atoms with Gasteiger partial charge in [-0.25, -0.2) is 15.8 Å². The third kappa shape index (κ3) is 1.22. The van der Waals surface area contributed by atoms with Gasteiger partial charge in [0, 0.05) is 12.1 Å². The number of hydrogen-bond donors (Lipinski definition) is 4. The van der Waals surface area contributed by atoms with Gasteiger partial charge in [-0.05, 0) is 12.8 Å². The molecule has 3 fully saturated rings. The molecular weight excluding hydrogens is 184 g/mol. The predicted molar refractivity (Wildman–Crippen MR) is 53.9 cm³/mol. The molecule has 1 saturated carbocycles. The van der Waals surface area contributed by atoms with Crippen LogP contribution in [0.15, 0.2) is 0 Å². The van der Waals surface area contributed by atoms with Crippen LogP contribution in [0, 0.1) is 0 Å². The zero-order valence-corrected chi connectivity index (χ0v) is 8.43. The van der Waals surface area contributed by atoms with Crippen LogP contribution in [-0.4, -0.2) is 28.8 Å². The minimum absolute atomic E-state index is 0.172. The fraction of sp³-hybridized carbons (Fsp3) is 1.00. The Morgan fingerprint density at radius 1 is 1.15 bits per heavy atom. The molecule has 0 aromatic heterocycles. The largest absolute Gasteiger partial charge is 0.284 e. The zero-order valence-electron chi connectivity index (χ0n) is 7.53. The first-order chi connectivity index (χ1) is 6.36. The van der Waals surface area contributed by atoms with Gasteiger partial charge >= 0.3 is 0 Å². The molecule has 0 amide bonds. The van der Waals surface area contributed by atoms with E-state index in [0.29, 0.717) is 18.4 Å². The highest BCUT2D eigenvalue weighted by Gasteiger charge is 2.47. The molecule has 5 heteroatoms. The van der Waals surface area contributed by atoms with Crippen LogP contribution >= 0.6 is 12.6 Å². The predicted octanol–water partition coefficient (Wildman–Crippen LogP) is -0.192. The highest BCUT2D eigenvalue weighted by molar-refractivity contribution is 7.80. The van der Waals surface area contributed by atoms with Crippen molar-refractivity contribution in [2.24, 2.45) is 0 Å². The lowest BCUT2D eigenvalue weighted by Gasteiger charge is -2.31. The molecule has 0 spiro atoms. The van der Waals surface area contributed by atoms with E-state index in [9.17, 15) is 0 Å². The van der Waals surface area contributed by atoms with Crippen molar-refractivity contribution in [3.63, 3.8) is 0 Å². The molecule has 4 unspecified atom stereocenters. The molecule has 0 aromatic carbocycles. The van der Waals surface area contributed by atoms with E-state index >= 15 is 0 Å². The summed E-state index contributed by atoms with van der Waals surface area (Å²) < 4.78 is 0. The average Bonchev–Trinajstić information content (AvgIpc) is 2.66. The lowest BCUT2D eigenvalue weighted by atomic mass is 9.91. The number of hydrogen-bond acceptors (Lipinski definition) is 5. The van der Waals surface area contributed by atoms with Gasteiger partial charge in [0.25, 0.3) is 0 Å². The Morgan fingerprint density at radius 2 is 2.00 bits per heavy atom. The van der Waals surface area contributed by atoms with E-state index in [0.717, 1.165) is 0 Å². The van der Waals surface area contributed by atoms with Gasteiger partial charge in [0.15, 0.2) is 0 Å². The van der Waals surface area contributed by atoms with E-state index in [1.54, 1.807) is 0 Å². The molecule has 3 rings (SSSR count). The summed E-state index contributed by atoms with van der Waals surface area (Å²) in [5.41, 5.74) is 6.52. The van der Waals surface area contributed by atoms with Gasteiger partial charge < -0.3 is 0 Å². The number of rotatable bonds is 0. The van der Waals surface area contributed by atoms with E-state index in [2.05, 4.69) is 33.7 Å². The second-order valence-electron chi connectivity index (χ2n) is 4.14. The summed E-state index contributed by atoms with van der Waals surface area (Å²) in [5, 5.41) is 3.59. The van der Waals surface area contributed by atoms with Crippen LogP contribution < -0.4 is 16.2 Å². The van der Waals surface area contributed by atoms with Crippen LogP contribution in [0.5, 0.6) is 0 Å². The Kier molecular flexibility index (Phi) is 2.03. The average molecular weight is 200 g/mol. The molecular formula is C8H16N4S. The maximum absolute atomic E-state index is 4.50. The molecule has 1 aliphatic carbocycles. The van der Waals surface area contributed by atoms with E-state index < -0.39 is 0 Å². The van der Waals surface area contributed by atoms with Crippen molar-refractivity contribution in [1.82, 2.24) is 21.1 Å². The summed E-state index contributed by atoms with van der Waals surface area (Å²) in [4.78, 5) is 2.41. The van der Waals surface area contributed by atoms with Crippen LogP contribution in [0.1, 0.15) is 25.7 Å². The number of hydrazine groups is 1. The van der Waals surface area contributed by atoms with Gasteiger partial charge in [0.1, 0.15) is 11.8 Å². The minimum atomic E-state index is 0.172. The number of nitrogens with zero attached hydrogens (tertiary/aromatic N) is 1. The third-order valence-corrected chi connectivity index (χ3v) is 3.81. The SMILES string of the molecule is SC1NNC2NC3CCCCC3N12. The van der Waals surface area contributed by atoms with E-state index in [1.807, 2.05) is 0 Å². The van der Waals surface area contributed by atoms with Crippen molar-refractivity contribution in [3.8, 4) is 0 Å². The second kappa shape index (κ2) is 3.10. The number of fused-ring (bicyclic) bond motifs is 3. The van der Waals surface area contributed by atoms with Crippen molar-refractivity contribution < 1.29 is 0 Å². The van der Waals surface area contributed by atoms with Gasteiger partial charge in [-0.2, -0.15) is 0 Å². The zero-order chi connectivity index (χ0) is 8.84. The molecule has 4 atom stereocenters. The quantitative estimate of drug-likeness (QED) is 0.409. The van der Waals surface area contributed by atoms with Crippen LogP contribution in [0.4, 0.5) is 0 Å². The molecule has 2 aliphatic heterocycles. The molecule has 0 bridgehead atoms. The summed E-state index contributed by atoms with van der Waals surface area (Å²) >= 11 is 4.50. The van der Waals surface area contributed by atoms with Crippen LogP contribution in [-0.2, 0) is 0 Å². The Balaban J connectivity index is 1.81. The van der Waals surface area contributed by atoms with Crippen LogP contribution in [0.2, 0.25) is 0 Å². The monoisotopic (exact) mass is 200 g/mol. The second-order valence-corrected chi connectivity index (χ2v) is 4.63. The van der Waals surface area contributed by atoms with Crippen molar-refractivity contribution in [1.29, 1.82) is 0 Å². The summed E-state index contributed by atoms with van der Waals surface area (Å²) in [7, 11) is 0. The Hall–Kier alpha value is 0.190. The summed E-state index contributed by atoms with van der Waals surface area (Å²) in [6, 6.07) is 1.37. The molecule has 0 aromatic rings. The molecule has 2 heterocycles. The van der Waals surface area contributed by atoms with Crippen LogP contribution in [0.25, 0.3) is 0 Å². The van der Waals surface area contributed by atoms with Crippen molar-refractivity contribution >= 4 is 12.6 Å².